The number of halogens is 1. The van der Waals surface area contributed by atoms with Gasteiger partial charge in [-0.25, -0.2) is 4.39 Å². The minimum absolute atomic E-state index is 0.0150. The molecule has 0 spiro atoms. The van der Waals surface area contributed by atoms with Crippen LogP contribution in [-0.2, 0) is 9.59 Å². The van der Waals surface area contributed by atoms with E-state index in [2.05, 4.69) is 5.32 Å². The van der Waals surface area contributed by atoms with Gasteiger partial charge in [-0.3, -0.25) is 9.59 Å². The van der Waals surface area contributed by atoms with Gasteiger partial charge < -0.3 is 15.0 Å². The van der Waals surface area contributed by atoms with Gasteiger partial charge in [0, 0.05) is 6.07 Å². The Kier molecular flexibility index (Phi) is 5.44. The molecule has 1 heterocycles. The van der Waals surface area contributed by atoms with E-state index in [9.17, 15) is 14.0 Å². The van der Waals surface area contributed by atoms with Crippen molar-refractivity contribution in [2.24, 2.45) is 0 Å². The molecule has 1 fully saturated rings. The number of thioether (sulfide) groups is 1. The first kappa shape index (κ1) is 15.6. The lowest BCUT2D eigenvalue weighted by Crippen LogP contribution is -2.43. The summed E-state index contributed by atoms with van der Waals surface area (Å²) in [6, 6.07) is 5.60. The van der Waals surface area contributed by atoms with Crippen LogP contribution in [0.3, 0.4) is 0 Å². The molecule has 0 unspecified atom stereocenters. The number of hydrogen-bond donors (Lipinski definition) is 1. The smallest absolute Gasteiger partial charge is 0.239 e. The fourth-order valence-electron chi connectivity index (χ4n) is 1.85. The number of rotatable bonds is 6. The molecule has 0 saturated carbocycles. The highest BCUT2D eigenvalue weighted by Crippen LogP contribution is 2.14. The number of carbonyl (C=O) groups is 2. The Morgan fingerprint density at radius 1 is 1.57 bits per heavy atom. The first-order valence-corrected chi connectivity index (χ1v) is 7.73. The molecular formula is C14H17FN2O3S. The number of ether oxygens (including phenoxy) is 1. The highest BCUT2D eigenvalue weighted by molar-refractivity contribution is 8.00. The molecule has 2 rings (SSSR count). The van der Waals surface area contributed by atoms with Gasteiger partial charge in [0.15, 0.2) is 0 Å². The van der Waals surface area contributed by atoms with Crippen LogP contribution in [0.5, 0.6) is 5.75 Å². The Morgan fingerprint density at radius 3 is 3.05 bits per heavy atom. The molecule has 0 aromatic heterocycles. The Morgan fingerprint density at radius 2 is 2.38 bits per heavy atom. The van der Waals surface area contributed by atoms with Gasteiger partial charge in [-0.15, -0.1) is 11.8 Å². The maximum atomic E-state index is 13.0. The molecule has 114 valence electrons. The maximum Gasteiger partial charge on any atom is 0.239 e. The molecule has 1 aromatic rings. The van der Waals surface area contributed by atoms with Gasteiger partial charge in [0.2, 0.25) is 11.8 Å². The Bertz CT molecular complexity index is 527. The van der Waals surface area contributed by atoms with Crippen LogP contribution in [0.25, 0.3) is 0 Å². The summed E-state index contributed by atoms with van der Waals surface area (Å²) in [5.41, 5.74) is 0. The van der Waals surface area contributed by atoms with Gasteiger partial charge >= 0.3 is 0 Å². The number of amides is 2. The van der Waals surface area contributed by atoms with E-state index in [1.807, 2.05) is 0 Å². The number of benzene rings is 1. The molecule has 21 heavy (non-hydrogen) atoms. The first-order valence-electron chi connectivity index (χ1n) is 6.58. The molecular weight excluding hydrogens is 295 g/mol. The van der Waals surface area contributed by atoms with E-state index in [0.29, 0.717) is 17.4 Å². The molecule has 1 N–H and O–H groups in total. The van der Waals surface area contributed by atoms with Crippen molar-refractivity contribution in [1.29, 1.82) is 0 Å². The van der Waals surface area contributed by atoms with Crippen LogP contribution in [0.2, 0.25) is 0 Å². The van der Waals surface area contributed by atoms with Gasteiger partial charge in [0.1, 0.15) is 24.7 Å². The van der Waals surface area contributed by atoms with Crippen LogP contribution in [0.1, 0.15) is 6.92 Å². The van der Waals surface area contributed by atoms with Crippen molar-refractivity contribution in [3.05, 3.63) is 30.1 Å². The van der Waals surface area contributed by atoms with E-state index >= 15 is 0 Å². The maximum absolute atomic E-state index is 13.0. The van der Waals surface area contributed by atoms with E-state index in [1.165, 1.54) is 28.8 Å². The van der Waals surface area contributed by atoms with Crippen molar-refractivity contribution in [2.45, 2.75) is 13.0 Å². The third-order valence-electron chi connectivity index (χ3n) is 2.86. The van der Waals surface area contributed by atoms with E-state index in [-0.39, 0.29) is 36.8 Å². The van der Waals surface area contributed by atoms with Gasteiger partial charge in [-0.05, 0) is 19.1 Å². The highest BCUT2D eigenvalue weighted by Gasteiger charge is 2.23. The van der Waals surface area contributed by atoms with E-state index in [4.69, 9.17) is 4.74 Å². The predicted molar refractivity (Wildman–Crippen MR) is 78.5 cm³/mol. The molecule has 1 saturated heterocycles. The summed E-state index contributed by atoms with van der Waals surface area (Å²) in [7, 11) is 0. The van der Waals surface area contributed by atoms with Crippen LogP contribution in [0.15, 0.2) is 24.3 Å². The van der Waals surface area contributed by atoms with Crippen LogP contribution >= 0.6 is 11.8 Å². The summed E-state index contributed by atoms with van der Waals surface area (Å²) in [4.78, 5) is 24.7. The molecule has 7 heteroatoms. The van der Waals surface area contributed by atoms with E-state index in [1.54, 1.807) is 19.1 Å². The summed E-state index contributed by atoms with van der Waals surface area (Å²) < 4.78 is 18.4. The number of nitrogens with zero attached hydrogens (tertiary/aromatic N) is 1. The van der Waals surface area contributed by atoms with Crippen LogP contribution in [-0.4, -0.2) is 47.5 Å². The van der Waals surface area contributed by atoms with Crippen molar-refractivity contribution in [3.8, 4) is 5.75 Å². The van der Waals surface area contributed by atoms with E-state index < -0.39 is 0 Å². The third kappa shape index (κ3) is 4.93. The van der Waals surface area contributed by atoms with Crippen molar-refractivity contribution >= 4 is 23.6 Å². The highest BCUT2D eigenvalue weighted by atomic mass is 32.2. The van der Waals surface area contributed by atoms with Crippen molar-refractivity contribution in [3.63, 3.8) is 0 Å². The average Bonchev–Trinajstić information content (AvgIpc) is 2.82. The molecule has 0 radical (unpaired) electrons. The van der Waals surface area contributed by atoms with Crippen molar-refractivity contribution < 1.29 is 18.7 Å². The summed E-state index contributed by atoms with van der Waals surface area (Å²) in [6.45, 7) is 2.09. The fourth-order valence-corrected chi connectivity index (χ4v) is 2.76. The molecule has 0 bridgehead atoms. The normalized spacial score (nSPS) is 15.9. The standard InChI is InChI=1S/C14H17FN2O3S/c1-10(7-20-12-4-2-3-11(15)5-12)16-13(18)6-17-9-21-8-14(17)19/h2-5,10H,6-9H2,1H3,(H,16,18)/t10-/m0/s1. The number of nitrogens with one attached hydrogen (secondary N) is 1. The SMILES string of the molecule is C[C@@H](COc1cccc(F)c1)NC(=O)CN1CSCC1=O. The Balaban J connectivity index is 1.72. The minimum atomic E-state index is -0.366. The van der Waals surface area contributed by atoms with Crippen LogP contribution < -0.4 is 10.1 Å². The quantitative estimate of drug-likeness (QED) is 0.859. The van der Waals surface area contributed by atoms with E-state index in [0.717, 1.165) is 0 Å². The lowest BCUT2D eigenvalue weighted by Gasteiger charge is -2.18. The molecule has 5 nitrogen and oxygen atoms in total. The fraction of sp³-hybridized carbons (Fsp3) is 0.429. The summed E-state index contributed by atoms with van der Waals surface area (Å²) in [5, 5.41) is 2.75. The predicted octanol–water partition coefficient (Wildman–Crippen LogP) is 1.24. The number of carbonyl (C=O) groups excluding carboxylic acids is 2. The summed E-state index contributed by atoms with van der Waals surface area (Å²) in [6.07, 6.45) is 0. The van der Waals surface area contributed by atoms with Gasteiger partial charge in [0.25, 0.3) is 0 Å². The number of hydrogen-bond acceptors (Lipinski definition) is 4. The van der Waals surface area contributed by atoms with Gasteiger partial charge in [-0.1, -0.05) is 6.07 Å². The molecule has 1 aromatic carbocycles. The zero-order valence-corrected chi connectivity index (χ0v) is 12.5. The Hall–Kier alpha value is -1.76. The second-order valence-corrected chi connectivity index (χ2v) is 5.76. The molecule has 1 atom stereocenters. The largest absolute Gasteiger partial charge is 0.491 e. The second kappa shape index (κ2) is 7.31. The Labute approximate surface area is 126 Å². The molecule has 2 amide bonds. The van der Waals surface area contributed by atoms with Crippen molar-refractivity contribution in [2.75, 3.05) is 24.8 Å². The average molecular weight is 312 g/mol. The van der Waals surface area contributed by atoms with Crippen molar-refractivity contribution in [1.82, 2.24) is 10.2 Å². The zero-order chi connectivity index (χ0) is 15.2. The monoisotopic (exact) mass is 312 g/mol. The van der Waals surface area contributed by atoms with Crippen LogP contribution in [0, 0.1) is 5.82 Å². The minimum Gasteiger partial charge on any atom is -0.491 e. The van der Waals surface area contributed by atoms with Gasteiger partial charge in [-0.2, -0.15) is 0 Å². The second-order valence-electron chi connectivity index (χ2n) is 4.81. The lowest BCUT2D eigenvalue weighted by molar-refractivity contribution is -0.132. The molecule has 1 aliphatic heterocycles. The topological polar surface area (TPSA) is 58.6 Å². The zero-order valence-electron chi connectivity index (χ0n) is 11.7. The summed E-state index contributed by atoms with van der Waals surface area (Å²) in [5.74, 6) is 0.808. The lowest BCUT2D eigenvalue weighted by atomic mass is 10.3. The first-order chi connectivity index (χ1) is 10.0. The summed E-state index contributed by atoms with van der Waals surface area (Å²) >= 11 is 1.50. The van der Waals surface area contributed by atoms with Gasteiger partial charge in [0.05, 0.1) is 17.7 Å². The molecule has 1 aliphatic rings. The molecule has 0 aliphatic carbocycles. The van der Waals surface area contributed by atoms with Crippen LogP contribution in [0.4, 0.5) is 4.39 Å². The third-order valence-corrected chi connectivity index (χ3v) is 3.81.